The monoisotopic (exact) mass is 293 g/mol. The van der Waals surface area contributed by atoms with Gasteiger partial charge in [0.2, 0.25) is 5.91 Å². The molecule has 1 aliphatic heterocycles. The minimum absolute atomic E-state index is 0.0560. The van der Waals surface area contributed by atoms with Crippen molar-refractivity contribution in [3.63, 3.8) is 0 Å². The second-order valence-electron chi connectivity index (χ2n) is 5.15. The van der Waals surface area contributed by atoms with Crippen molar-refractivity contribution in [2.45, 2.75) is 12.8 Å². The first kappa shape index (κ1) is 15.4. The molecule has 1 aliphatic rings. The van der Waals surface area contributed by atoms with E-state index < -0.39 is 5.82 Å². The van der Waals surface area contributed by atoms with Gasteiger partial charge in [0.25, 0.3) is 5.91 Å². The zero-order valence-corrected chi connectivity index (χ0v) is 11.8. The maximum Gasteiger partial charge on any atom is 0.256 e. The number of carbonyl (C=O) groups is 2. The average molecular weight is 293 g/mol. The van der Waals surface area contributed by atoms with Crippen LogP contribution in [0.1, 0.15) is 23.2 Å². The van der Waals surface area contributed by atoms with Crippen LogP contribution in [0.25, 0.3) is 0 Å². The van der Waals surface area contributed by atoms with E-state index >= 15 is 0 Å². The first-order chi connectivity index (χ1) is 10.1. The van der Waals surface area contributed by atoms with Crippen molar-refractivity contribution < 1.29 is 14.0 Å². The molecule has 2 amide bonds. The van der Waals surface area contributed by atoms with Crippen LogP contribution in [0.2, 0.25) is 0 Å². The van der Waals surface area contributed by atoms with Crippen molar-refractivity contribution in [1.82, 2.24) is 10.2 Å². The molecule has 6 heteroatoms. The van der Waals surface area contributed by atoms with E-state index in [1.165, 1.54) is 12.1 Å². The molecular formula is C15H20FN3O2. The molecule has 1 atom stereocenters. The third kappa shape index (κ3) is 3.78. The Morgan fingerprint density at radius 1 is 1.38 bits per heavy atom. The van der Waals surface area contributed by atoms with Gasteiger partial charge in [-0.25, -0.2) is 4.39 Å². The second-order valence-corrected chi connectivity index (χ2v) is 5.15. The number of halogens is 1. The van der Waals surface area contributed by atoms with Gasteiger partial charge in [-0.05, 0) is 25.0 Å². The highest BCUT2D eigenvalue weighted by molar-refractivity contribution is 5.95. The lowest BCUT2D eigenvalue weighted by Crippen LogP contribution is -2.46. The van der Waals surface area contributed by atoms with Gasteiger partial charge in [-0.3, -0.25) is 9.59 Å². The number of amides is 2. The number of benzene rings is 1. The molecule has 1 aromatic rings. The van der Waals surface area contributed by atoms with Crippen LogP contribution in [0.15, 0.2) is 24.3 Å². The minimum Gasteiger partial charge on any atom is -0.355 e. The summed E-state index contributed by atoms with van der Waals surface area (Å²) in [5.74, 6) is -1.23. The summed E-state index contributed by atoms with van der Waals surface area (Å²) in [6, 6.07) is 5.91. The molecule has 1 unspecified atom stereocenters. The van der Waals surface area contributed by atoms with Crippen LogP contribution in [0, 0.1) is 11.7 Å². The molecule has 1 saturated heterocycles. The summed E-state index contributed by atoms with van der Waals surface area (Å²) in [6.45, 7) is 1.68. The van der Waals surface area contributed by atoms with Crippen LogP contribution in [-0.4, -0.2) is 42.9 Å². The van der Waals surface area contributed by atoms with Gasteiger partial charge in [0.05, 0.1) is 11.5 Å². The number of carbonyl (C=O) groups excluding carboxylic acids is 2. The summed E-state index contributed by atoms with van der Waals surface area (Å²) in [6.07, 6.45) is 1.47. The Kier molecular flexibility index (Phi) is 5.27. The van der Waals surface area contributed by atoms with E-state index in [0.717, 1.165) is 12.8 Å². The SMILES string of the molecule is NCCNC(=O)C1CCCN(C(=O)c2ccccc2F)C1. The van der Waals surface area contributed by atoms with Gasteiger partial charge in [-0.15, -0.1) is 0 Å². The third-order valence-electron chi connectivity index (χ3n) is 3.63. The van der Waals surface area contributed by atoms with Crippen LogP contribution >= 0.6 is 0 Å². The summed E-state index contributed by atoms with van der Waals surface area (Å²) in [7, 11) is 0. The zero-order valence-electron chi connectivity index (χ0n) is 11.8. The van der Waals surface area contributed by atoms with E-state index in [1.54, 1.807) is 17.0 Å². The van der Waals surface area contributed by atoms with Crippen LogP contribution in [0.3, 0.4) is 0 Å². The van der Waals surface area contributed by atoms with Gasteiger partial charge < -0.3 is 16.0 Å². The smallest absolute Gasteiger partial charge is 0.256 e. The van der Waals surface area contributed by atoms with Crippen LogP contribution in [0.4, 0.5) is 4.39 Å². The largest absolute Gasteiger partial charge is 0.355 e. The molecule has 0 bridgehead atoms. The fraction of sp³-hybridized carbons (Fsp3) is 0.467. The minimum atomic E-state index is -0.530. The molecule has 1 aromatic carbocycles. The van der Waals surface area contributed by atoms with Crippen molar-refractivity contribution in [1.29, 1.82) is 0 Å². The number of nitrogens with zero attached hydrogens (tertiary/aromatic N) is 1. The van der Waals surface area contributed by atoms with Crippen molar-refractivity contribution in [3.8, 4) is 0 Å². The Hall–Kier alpha value is -1.95. The predicted octanol–water partition coefficient (Wildman–Crippen LogP) is 0.753. The van der Waals surface area contributed by atoms with E-state index in [0.29, 0.717) is 26.2 Å². The first-order valence-electron chi connectivity index (χ1n) is 7.15. The van der Waals surface area contributed by atoms with E-state index in [-0.39, 0.29) is 23.3 Å². The van der Waals surface area contributed by atoms with Crippen LogP contribution < -0.4 is 11.1 Å². The lowest BCUT2D eigenvalue weighted by molar-refractivity contribution is -0.126. The number of hydrogen-bond acceptors (Lipinski definition) is 3. The number of likely N-dealkylation sites (tertiary alicyclic amines) is 1. The fourth-order valence-corrected chi connectivity index (χ4v) is 2.52. The number of piperidine rings is 1. The highest BCUT2D eigenvalue weighted by Gasteiger charge is 2.29. The zero-order chi connectivity index (χ0) is 15.2. The molecule has 21 heavy (non-hydrogen) atoms. The average Bonchev–Trinajstić information content (AvgIpc) is 2.52. The molecule has 1 heterocycles. The van der Waals surface area contributed by atoms with Gasteiger partial charge >= 0.3 is 0 Å². The lowest BCUT2D eigenvalue weighted by atomic mass is 9.96. The van der Waals surface area contributed by atoms with Crippen LogP contribution in [-0.2, 0) is 4.79 Å². The Balaban J connectivity index is 2.02. The summed E-state index contributed by atoms with van der Waals surface area (Å²) in [4.78, 5) is 25.8. The van der Waals surface area contributed by atoms with Gasteiger partial charge in [0.1, 0.15) is 5.82 Å². The quantitative estimate of drug-likeness (QED) is 0.860. The molecule has 5 nitrogen and oxygen atoms in total. The highest BCUT2D eigenvalue weighted by Crippen LogP contribution is 2.19. The lowest BCUT2D eigenvalue weighted by Gasteiger charge is -2.32. The molecule has 2 rings (SSSR count). The number of hydrogen-bond donors (Lipinski definition) is 2. The van der Waals surface area contributed by atoms with Crippen molar-refractivity contribution >= 4 is 11.8 Å². The maximum atomic E-state index is 13.7. The molecule has 0 aliphatic carbocycles. The van der Waals surface area contributed by atoms with Crippen molar-refractivity contribution in [3.05, 3.63) is 35.6 Å². The number of rotatable bonds is 4. The molecule has 3 N–H and O–H groups in total. The van der Waals surface area contributed by atoms with Gasteiger partial charge in [0.15, 0.2) is 0 Å². The van der Waals surface area contributed by atoms with E-state index in [9.17, 15) is 14.0 Å². The number of nitrogens with one attached hydrogen (secondary N) is 1. The maximum absolute atomic E-state index is 13.7. The Morgan fingerprint density at radius 2 is 2.14 bits per heavy atom. The molecule has 0 spiro atoms. The summed E-state index contributed by atoms with van der Waals surface area (Å²) >= 11 is 0. The fourth-order valence-electron chi connectivity index (χ4n) is 2.52. The Labute approximate surface area is 123 Å². The van der Waals surface area contributed by atoms with Gasteiger partial charge in [-0.1, -0.05) is 12.1 Å². The summed E-state index contributed by atoms with van der Waals surface area (Å²) in [5, 5.41) is 2.74. The first-order valence-corrected chi connectivity index (χ1v) is 7.15. The van der Waals surface area contributed by atoms with Crippen molar-refractivity contribution in [2.24, 2.45) is 11.7 Å². The molecular weight excluding hydrogens is 273 g/mol. The van der Waals surface area contributed by atoms with E-state index in [2.05, 4.69) is 5.32 Å². The summed E-state index contributed by atoms with van der Waals surface area (Å²) in [5.41, 5.74) is 5.41. The normalized spacial score (nSPS) is 18.4. The Morgan fingerprint density at radius 3 is 2.86 bits per heavy atom. The topological polar surface area (TPSA) is 75.4 Å². The highest BCUT2D eigenvalue weighted by atomic mass is 19.1. The summed E-state index contributed by atoms with van der Waals surface area (Å²) < 4.78 is 13.7. The van der Waals surface area contributed by atoms with Crippen LogP contribution in [0.5, 0.6) is 0 Å². The third-order valence-corrected chi connectivity index (χ3v) is 3.63. The van der Waals surface area contributed by atoms with Gasteiger partial charge in [-0.2, -0.15) is 0 Å². The molecule has 0 radical (unpaired) electrons. The molecule has 1 fully saturated rings. The van der Waals surface area contributed by atoms with E-state index in [1.807, 2.05) is 0 Å². The predicted molar refractivity (Wildman–Crippen MR) is 77.1 cm³/mol. The number of nitrogens with two attached hydrogens (primary N) is 1. The van der Waals surface area contributed by atoms with E-state index in [4.69, 9.17) is 5.73 Å². The molecule has 114 valence electrons. The standard InChI is InChI=1S/C15H20FN3O2/c16-13-6-2-1-5-12(13)15(21)19-9-3-4-11(10-19)14(20)18-8-7-17/h1-2,5-6,11H,3-4,7-10,17H2,(H,18,20). The molecule has 0 saturated carbocycles. The molecule has 0 aromatic heterocycles. The second kappa shape index (κ2) is 7.17. The van der Waals surface area contributed by atoms with Gasteiger partial charge in [0, 0.05) is 26.2 Å². The Bertz CT molecular complexity index is 521. The van der Waals surface area contributed by atoms with Crippen molar-refractivity contribution in [2.75, 3.05) is 26.2 Å².